The van der Waals surface area contributed by atoms with Crippen molar-refractivity contribution < 1.29 is 9.53 Å². The molecule has 0 bridgehead atoms. The molecule has 1 heterocycles. The molecular weight excluding hydrogens is 216 g/mol. The lowest BCUT2D eigenvalue weighted by Crippen LogP contribution is -2.54. The second-order valence-corrected chi connectivity index (χ2v) is 3.68. The quantitative estimate of drug-likeness (QED) is 0.783. The summed E-state index contributed by atoms with van der Waals surface area (Å²) in [6.07, 6.45) is -0.305. The molecule has 1 rings (SSSR count). The number of hydrogen-bond acceptors (Lipinski definition) is 3. The van der Waals surface area contributed by atoms with Crippen molar-refractivity contribution in [2.24, 2.45) is 0 Å². The number of amides is 1. The van der Waals surface area contributed by atoms with E-state index in [1.807, 2.05) is 18.7 Å². The Labute approximate surface area is 97.8 Å². The number of halogens is 1. The highest BCUT2D eigenvalue weighted by molar-refractivity contribution is 5.85. The average molecular weight is 237 g/mol. The number of nitrogens with zero attached hydrogens (tertiary/aromatic N) is 1. The van der Waals surface area contributed by atoms with Gasteiger partial charge in [-0.3, -0.25) is 4.79 Å². The van der Waals surface area contributed by atoms with Gasteiger partial charge in [0.25, 0.3) is 5.91 Å². The maximum Gasteiger partial charge on any atom is 0.251 e. The first-order valence-electron chi connectivity index (χ1n) is 5.29. The maximum atomic E-state index is 11.9. The molecule has 0 aromatic carbocycles. The molecule has 90 valence electrons. The topological polar surface area (TPSA) is 41.6 Å². The highest BCUT2D eigenvalue weighted by Gasteiger charge is 2.26. The van der Waals surface area contributed by atoms with E-state index in [1.165, 1.54) is 0 Å². The first-order valence-corrected chi connectivity index (χ1v) is 5.29. The molecule has 0 aliphatic carbocycles. The molecule has 1 amide bonds. The first kappa shape index (κ1) is 14.7. The Morgan fingerprint density at radius 3 is 2.87 bits per heavy atom. The Hall–Kier alpha value is -0.320. The van der Waals surface area contributed by atoms with Gasteiger partial charge >= 0.3 is 0 Å². The summed E-state index contributed by atoms with van der Waals surface area (Å²) in [6.45, 7) is 8.93. The monoisotopic (exact) mass is 236 g/mol. The van der Waals surface area contributed by atoms with E-state index in [1.54, 1.807) is 0 Å². The van der Waals surface area contributed by atoms with Crippen molar-refractivity contribution >= 4 is 18.3 Å². The number of carbonyl (C=O) groups is 1. The molecule has 2 atom stereocenters. The van der Waals surface area contributed by atoms with Gasteiger partial charge in [0.05, 0.1) is 0 Å². The van der Waals surface area contributed by atoms with Gasteiger partial charge in [0.2, 0.25) is 0 Å². The van der Waals surface area contributed by atoms with E-state index in [2.05, 4.69) is 12.2 Å². The lowest BCUT2D eigenvalue weighted by molar-refractivity contribution is -0.145. The molecule has 0 saturated carbocycles. The van der Waals surface area contributed by atoms with Gasteiger partial charge in [-0.2, -0.15) is 0 Å². The largest absolute Gasteiger partial charge is 0.369 e. The molecule has 1 N–H and O–H groups in total. The van der Waals surface area contributed by atoms with Gasteiger partial charge in [-0.15, -0.1) is 12.4 Å². The number of rotatable bonds is 3. The van der Waals surface area contributed by atoms with Gasteiger partial charge in [0.1, 0.15) is 6.10 Å². The van der Waals surface area contributed by atoms with Gasteiger partial charge in [0, 0.05) is 32.3 Å². The zero-order valence-corrected chi connectivity index (χ0v) is 10.5. The third-order valence-electron chi connectivity index (χ3n) is 2.55. The highest BCUT2D eigenvalue weighted by atomic mass is 35.5. The summed E-state index contributed by atoms with van der Waals surface area (Å²) in [7, 11) is 0. The van der Waals surface area contributed by atoms with Crippen LogP contribution in [0.25, 0.3) is 0 Å². The summed E-state index contributed by atoms with van der Waals surface area (Å²) in [6, 6.07) is 0.277. The molecule has 4 nitrogen and oxygen atoms in total. The fraction of sp³-hybridized carbons (Fsp3) is 0.900. The van der Waals surface area contributed by atoms with E-state index in [-0.39, 0.29) is 30.5 Å². The van der Waals surface area contributed by atoms with Crippen LogP contribution in [0.1, 0.15) is 20.8 Å². The van der Waals surface area contributed by atoms with Crippen LogP contribution in [-0.2, 0) is 9.53 Å². The van der Waals surface area contributed by atoms with Crippen LogP contribution >= 0.6 is 12.4 Å². The van der Waals surface area contributed by atoms with Crippen LogP contribution in [0.5, 0.6) is 0 Å². The van der Waals surface area contributed by atoms with E-state index in [4.69, 9.17) is 4.74 Å². The van der Waals surface area contributed by atoms with Crippen molar-refractivity contribution in [1.29, 1.82) is 0 Å². The lowest BCUT2D eigenvalue weighted by atomic mass is 10.2. The standard InChI is InChI=1S/C10H20N2O2.ClH/c1-4-14-9(3)10(13)12-6-5-11-7-8(12)2;/h8-9,11H,4-7H2,1-3H3;1H. The average Bonchev–Trinajstić information content (AvgIpc) is 2.18. The van der Waals surface area contributed by atoms with Gasteiger partial charge in [-0.25, -0.2) is 0 Å². The second-order valence-electron chi connectivity index (χ2n) is 3.68. The molecule has 1 saturated heterocycles. The van der Waals surface area contributed by atoms with Gasteiger partial charge < -0.3 is 15.0 Å². The van der Waals surface area contributed by atoms with Gasteiger partial charge in [-0.1, -0.05) is 0 Å². The minimum absolute atomic E-state index is 0. The zero-order valence-electron chi connectivity index (χ0n) is 9.66. The number of nitrogens with one attached hydrogen (secondary N) is 1. The van der Waals surface area contributed by atoms with Crippen molar-refractivity contribution in [3.63, 3.8) is 0 Å². The summed E-state index contributed by atoms with van der Waals surface area (Å²) in [5.41, 5.74) is 0. The third kappa shape index (κ3) is 3.97. The predicted octanol–water partition coefficient (Wildman–Crippen LogP) is 0.654. The van der Waals surface area contributed by atoms with Crippen LogP contribution in [0.3, 0.4) is 0 Å². The number of hydrogen-bond donors (Lipinski definition) is 1. The predicted molar refractivity (Wildman–Crippen MR) is 62.4 cm³/mol. The molecule has 2 unspecified atom stereocenters. The van der Waals surface area contributed by atoms with Crippen molar-refractivity contribution in [2.75, 3.05) is 26.2 Å². The van der Waals surface area contributed by atoms with Crippen molar-refractivity contribution in [2.45, 2.75) is 32.9 Å². The SMILES string of the molecule is CCOC(C)C(=O)N1CCNCC1C.Cl. The second kappa shape index (κ2) is 7.04. The van der Waals surface area contributed by atoms with Crippen molar-refractivity contribution in [1.82, 2.24) is 10.2 Å². The van der Waals surface area contributed by atoms with Crippen LogP contribution in [0.4, 0.5) is 0 Å². The minimum atomic E-state index is -0.305. The van der Waals surface area contributed by atoms with Crippen LogP contribution in [0.2, 0.25) is 0 Å². The van der Waals surface area contributed by atoms with Gasteiger partial charge in [-0.05, 0) is 20.8 Å². The Kier molecular flexibility index (Phi) is 6.89. The Balaban J connectivity index is 0.00000196. The summed E-state index contributed by atoms with van der Waals surface area (Å²) >= 11 is 0. The van der Waals surface area contributed by atoms with Crippen LogP contribution in [0.15, 0.2) is 0 Å². The summed E-state index contributed by atoms with van der Waals surface area (Å²) in [5, 5.41) is 3.26. The maximum absolute atomic E-state index is 11.9. The molecule has 0 aromatic heterocycles. The Morgan fingerprint density at radius 1 is 1.67 bits per heavy atom. The number of carbonyl (C=O) groups excluding carboxylic acids is 1. The van der Waals surface area contributed by atoms with E-state index < -0.39 is 0 Å². The van der Waals surface area contributed by atoms with Gasteiger partial charge in [0.15, 0.2) is 0 Å². The van der Waals surface area contributed by atoms with Crippen molar-refractivity contribution in [3.05, 3.63) is 0 Å². The molecule has 0 spiro atoms. The van der Waals surface area contributed by atoms with Crippen LogP contribution in [-0.4, -0.2) is 49.2 Å². The van der Waals surface area contributed by atoms with E-state index in [0.29, 0.717) is 6.61 Å². The summed E-state index contributed by atoms with van der Waals surface area (Å²) < 4.78 is 5.29. The fourth-order valence-electron chi connectivity index (χ4n) is 1.72. The lowest BCUT2D eigenvalue weighted by Gasteiger charge is -2.35. The Morgan fingerprint density at radius 2 is 2.33 bits per heavy atom. The Bertz CT molecular complexity index is 202. The fourth-order valence-corrected chi connectivity index (χ4v) is 1.72. The minimum Gasteiger partial charge on any atom is -0.369 e. The third-order valence-corrected chi connectivity index (χ3v) is 2.55. The van der Waals surface area contributed by atoms with Crippen molar-refractivity contribution in [3.8, 4) is 0 Å². The van der Waals surface area contributed by atoms with E-state index in [0.717, 1.165) is 19.6 Å². The molecule has 1 aliphatic rings. The highest BCUT2D eigenvalue weighted by Crippen LogP contribution is 2.06. The molecule has 1 aliphatic heterocycles. The first-order chi connectivity index (χ1) is 6.66. The number of ether oxygens (including phenoxy) is 1. The molecule has 0 radical (unpaired) electrons. The smallest absolute Gasteiger partial charge is 0.251 e. The van der Waals surface area contributed by atoms with Crippen LogP contribution in [0, 0.1) is 0 Å². The summed E-state index contributed by atoms with van der Waals surface area (Å²) in [5.74, 6) is 0.112. The molecule has 0 aromatic rings. The van der Waals surface area contributed by atoms with Crippen LogP contribution < -0.4 is 5.32 Å². The molecule has 15 heavy (non-hydrogen) atoms. The molecule has 5 heteroatoms. The zero-order chi connectivity index (χ0) is 10.6. The molecular formula is C10H21ClN2O2. The number of piperazine rings is 1. The normalized spacial score (nSPS) is 23.1. The molecule has 1 fully saturated rings. The van der Waals surface area contributed by atoms with E-state index in [9.17, 15) is 4.79 Å². The van der Waals surface area contributed by atoms with E-state index >= 15 is 0 Å². The summed E-state index contributed by atoms with van der Waals surface area (Å²) in [4.78, 5) is 13.8.